The number of likely N-dealkylation sites (N-methyl/N-ethyl adjacent to an activating group) is 1. The zero-order valence-electron chi connectivity index (χ0n) is 12.3. The Bertz CT molecular complexity index is 799. The fraction of sp³-hybridized carbons (Fsp3) is 0.267. The average molecular weight is 283 g/mol. The van der Waals surface area contributed by atoms with Crippen LogP contribution in [0, 0.1) is 0 Å². The van der Waals surface area contributed by atoms with Gasteiger partial charge in [0.05, 0.1) is 12.6 Å². The van der Waals surface area contributed by atoms with Crippen molar-refractivity contribution in [2.75, 3.05) is 14.1 Å². The second kappa shape index (κ2) is 5.05. The van der Waals surface area contributed by atoms with Gasteiger partial charge in [-0.05, 0) is 11.6 Å². The number of pyridine rings is 1. The molecule has 3 rings (SSSR count). The van der Waals surface area contributed by atoms with Crippen molar-refractivity contribution in [1.29, 1.82) is 0 Å². The summed E-state index contributed by atoms with van der Waals surface area (Å²) in [5, 5.41) is 5.15. The second-order valence-electron chi connectivity index (χ2n) is 5.30. The van der Waals surface area contributed by atoms with Crippen molar-refractivity contribution in [3.8, 4) is 11.1 Å². The molecule has 3 aromatic heterocycles. The molecular formula is C15H17N5O. The number of nitrogens with zero attached hydrogens (tertiary/aromatic N) is 4. The van der Waals surface area contributed by atoms with Gasteiger partial charge in [-0.2, -0.15) is 5.10 Å². The molecule has 0 radical (unpaired) electrons. The molecule has 1 N–H and O–H groups in total. The molecule has 6 heteroatoms. The number of carbonyl (C=O) groups is 1. The quantitative estimate of drug-likeness (QED) is 0.794. The molecule has 0 atom stereocenters. The van der Waals surface area contributed by atoms with E-state index in [2.05, 4.69) is 15.1 Å². The first-order valence-electron chi connectivity index (χ1n) is 6.70. The highest BCUT2D eigenvalue weighted by atomic mass is 16.2. The summed E-state index contributed by atoms with van der Waals surface area (Å²) < 4.78 is 1.76. The minimum Gasteiger partial charge on any atom is -0.349 e. The molecule has 6 nitrogen and oxygen atoms in total. The molecule has 0 unspecified atom stereocenters. The van der Waals surface area contributed by atoms with Gasteiger partial charge in [-0.25, -0.2) is 4.98 Å². The van der Waals surface area contributed by atoms with Crippen molar-refractivity contribution in [3.63, 3.8) is 0 Å². The highest BCUT2D eigenvalue weighted by molar-refractivity contribution is 5.89. The summed E-state index contributed by atoms with van der Waals surface area (Å²) in [5.74, 6) is 0.0719. The number of aromatic amines is 1. The molecule has 0 fully saturated rings. The number of amides is 1. The molecule has 0 bridgehead atoms. The van der Waals surface area contributed by atoms with Gasteiger partial charge >= 0.3 is 0 Å². The number of aryl methyl sites for hydroxylation is 1. The van der Waals surface area contributed by atoms with Gasteiger partial charge in [0.2, 0.25) is 5.91 Å². The van der Waals surface area contributed by atoms with E-state index < -0.39 is 0 Å². The Morgan fingerprint density at radius 2 is 2.14 bits per heavy atom. The Morgan fingerprint density at radius 1 is 1.33 bits per heavy atom. The molecule has 3 heterocycles. The van der Waals surface area contributed by atoms with Crippen molar-refractivity contribution in [3.05, 3.63) is 36.4 Å². The zero-order chi connectivity index (χ0) is 15.0. The van der Waals surface area contributed by atoms with E-state index in [1.165, 1.54) is 0 Å². The minimum absolute atomic E-state index is 0.0719. The third-order valence-electron chi connectivity index (χ3n) is 3.50. The smallest absolute Gasteiger partial charge is 0.226 e. The molecule has 1 amide bonds. The average Bonchev–Trinajstić information content (AvgIpc) is 3.05. The monoisotopic (exact) mass is 283 g/mol. The van der Waals surface area contributed by atoms with E-state index in [1.807, 2.05) is 31.7 Å². The molecule has 0 saturated carbocycles. The Balaban J connectivity index is 2.01. The maximum Gasteiger partial charge on any atom is 0.226 e. The van der Waals surface area contributed by atoms with Crippen molar-refractivity contribution in [2.45, 2.75) is 6.42 Å². The van der Waals surface area contributed by atoms with Crippen LogP contribution in [0.2, 0.25) is 0 Å². The highest BCUT2D eigenvalue weighted by Crippen LogP contribution is 2.24. The van der Waals surface area contributed by atoms with Crippen LogP contribution in [-0.4, -0.2) is 44.7 Å². The van der Waals surface area contributed by atoms with Crippen LogP contribution in [0.4, 0.5) is 0 Å². The van der Waals surface area contributed by atoms with E-state index in [0.717, 1.165) is 27.7 Å². The second-order valence-corrected chi connectivity index (χ2v) is 5.30. The number of rotatable bonds is 3. The maximum absolute atomic E-state index is 11.9. The molecule has 0 aliphatic rings. The molecule has 3 aromatic rings. The number of nitrogens with one attached hydrogen (secondary N) is 1. The van der Waals surface area contributed by atoms with Crippen LogP contribution in [0.5, 0.6) is 0 Å². The van der Waals surface area contributed by atoms with Gasteiger partial charge < -0.3 is 9.88 Å². The summed E-state index contributed by atoms with van der Waals surface area (Å²) in [6, 6.07) is 2.05. The largest absolute Gasteiger partial charge is 0.349 e. The van der Waals surface area contributed by atoms with Crippen LogP contribution in [0.1, 0.15) is 5.56 Å². The molecule has 0 aromatic carbocycles. The molecule has 21 heavy (non-hydrogen) atoms. The molecule has 0 spiro atoms. The first kappa shape index (κ1) is 13.4. The number of fused-ring (bicyclic) bond motifs is 1. The van der Waals surface area contributed by atoms with E-state index in [0.29, 0.717) is 6.42 Å². The predicted octanol–water partition coefficient (Wildman–Crippen LogP) is 1.59. The summed E-state index contributed by atoms with van der Waals surface area (Å²) in [6.07, 6.45) is 7.78. The Kier molecular flexibility index (Phi) is 3.21. The van der Waals surface area contributed by atoms with Gasteiger partial charge in [0.15, 0.2) is 0 Å². The fourth-order valence-electron chi connectivity index (χ4n) is 2.25. The summed E-state index contributed by atoms with van der Waals surface area (Å²) in [4.78, 5) is 21.0. The fourth-order valence-corrected chi connectivity index (χ4v) is 2.25. The molecule has 0 saturated heterocycles. The third-order valence-corrected chi connectivity index (χ3v) is 3.50. The zero-order valence-corrected chi connectivity index (χ0v) is 12.3. The first-order valence-corrected chi connectivity index (χ1v) is 6.70. The van der Waals surface area contributed by atoms with Gasteiger partial charge in [-0.1, -0.05) is 0 Å². The van der Waals surface area contributed by atoms with E-state index in [9.17, 15) is 4.79 Å². The summed E-state index contributed by atoms with van der Waals surface area (Å²) in [6.45, 7) is 0. The first-order chi connectivity index (χ1) is 10.0. The standard InChI is InChI=1S/C15H17N5O/c1-19(2)14(21)5-11-7-17-15-13(11)4-10(6-16-15)12-8-18-20(3)9-12/h4,6-9H,5H2,1-3H3,(H,16,17). The predicted molar refractivity (Wildman–Crippen MR) is 80.7 cm³/mol. The lowest BCUT2D eigenvalue weighted by atomic mass is 10.1. The van der Waals surface area contributed by atoms with Crippen LogP contribution in [-0.2, 0) is 18.3 Å². The van der Waals surface area contributed by atoms with Crippen molar-refractivity contribution < 1.29 is 4.79 Å². The lowest BCUT2D eigenvalue weighted by molar-refractivity contribution is -0.127. The van der Waals surface area contributed by atoms with E-state index in [1.54, 1.807) is 29.9 Å². The summed E-state index contributed by atoms with van der Waals surface area (Å²) in [7, 11) is 5.40. The van der Waals surface area contributed by atoms with Crippen molar-refractivity contribution >= 4 is 16.9 Å². The van der Waals surface area contributed by atoms with Gasteiger partial charge in [-0.15, -0.1) is 0 Å². The van der Waals surface area contributed by atoms with Crippen LogP contribution < -0.4 is 0 Å². The number of hydrogen-bond acceptors (Lipinski definition) is 3. The van der Waals surface area contributed by atoms with Crippen molar-refractivity contribution in [1.82, 2.24) is 24.6 Å². The normalized spacial score (nSPS) is 11.0. The summed E-state index contributed by atoms with van der Waals surface area (Å²) >= 11 is 0. The Morgan fingerprint density at radius 3 is 2.81 bits per heavy atom. The van der Waals surface area contributed by atoms with E-state index in [-0.39, 0.29) is 5.91 Å². The van der Waals surface area contributed by atoms with Crippen LogP contribution in [0.15, 0.2) is 30.9 Å². The van der Waals surface area contributed by atoms with Gasteiger partial charge in [0, 0.05) is 56.2 Å². The lowest BCUT2D eigenvalue weighted by Crippen LogP contribution is -2.23. The van der Waals surface area contributed by atoms with Crippen LogP contribution >= 0.6 is 0 Å². The number of hydrogen-bond donors (Lipinski definition) is 1. The molecular weight excluding hydrogens is 266 g/mol. The van der Waals surface area contributed by atoms with Crippen molar-refractivity contribution in [2.24, 2.45) is 7.05 Å². The Hall–Kier alpha value is -2.63. The van der Waals surface area contributed by atoms with Gasteiger partial charge in [0.25, 0.3) is 0 Å². The van der Waals surface area contributed by atoms with E-state index in [4.69, 9.17) is 0 Å². The summed E-state index contributed by atoms with van der Waals surface area (Å²) in [5.41, 5.74) is 3.76. The third kappa shape index (κ3) is 2.52. The molecule has 108 valence electrons. The Labute approximate surface area is 122 Å². The van der Waals surface area contributed by atoms with Gasteiger partial charge in [0.1, 0.15) is 5.65 Å². The van der Waals surface area contributed by atoms with E-state index >= 15 is 0 Å². The number of carbonyl (C=O) groups excluding carboxylic acids is 1. The van der Waals surface area contributed by atoms with Crippen LogP contribution in [0.3, 0.4) is 0 Å². The topological polar surface area (TPSA) is 66.8 Å². The maximum atomic E-state index is 11.9. The van der Waals surface area contributed by atoms with Crippen LogP contribution in [0.25, 0.3) is 22.2 Å². The lowest BCUT2D eigenvalue weighted by Gasteiger charge is -2.09. The number of H-pyrrole nitrogens is 1. The molecule has 0 aliphatic carbocycles. The molecule has 0 aliphatic heterocycles. The van der Waals surface area contributed by atoms with Gasteiger partial charge in [-0.3, -0.25) is 9.48 Å². The SMILES string of the molecule is CN(C)C(=O)Cc1c[nH]c2ncc(-c3cnn(C)c3)cc12. The highest BCUT2D eigenvalue weighted by Gasteiger charge is 2.12. The minimum atomic E-state index is 0.0719. The number of aromatic nitrogens is 4.